The van der Waals surface area contributed by atoms with Crippen molar-refractivity contribution >= 4 is 17.5 Å². The summed E-state index contributed by atoms with van der Waals surface area (Å²) in [6.07, 6.45) is 2.55. The zero-order chi connectivity index (χ0) is 14.4. The molecular weight excluding hydrogens is 254 g/mol. The summed E-state index contributed by atoms with van der Waals surface area (Å²) in [5.74, 6) is 0.604. The number of rotatable bonds is 7. The fraction of sp³-hybridized carbons (Fsp3) is 0.467. The molecule has 2 rings (SSSR count). The van der Waals surface area contributed by atoms with E-state index in [1.165, 1.54) is 12.8 Å². The maximum Gasteiger partial charge on any atom is 0.251 e. The topological polar surface area (TPSA) is 70.2 Å². The van der Waals surface area contributed by atoms with Gasteiger partial charge in [-0.15, -0.1) is 0 Å². The Morgan fingerprint density at radius 1 is 1.20 bits per heavy atom. The van der Waals surface area contributed by atoms with E-state index in [9.17, 15) is 9.59 Å². The number of carbonyl (C=O) groups excluding carboxylic acids is 2. The summed E-state index contributed by atoms with van der Waals surface area (Å²) in [7, 11) is 0. The minimum Gasteiger partial charge on any atom is -0.352 e. The van der Waals surface area contributed by atoms with Crippen molar-refractivity contribution in [3.8, 4) is 0 Å². The van der Waals surface area contributed by atoms with Crippen LogP contribution in [0, 0.1) is 5.92 Å². The SMILES string of the molecule is CCNC(=O)c1ccc(NC(=O)CNCC2CC2)cc1. The first-order valence-corrected chi connectivity index (χ1v) is 7.08. The fourth-order valence-corrected chi connectivity index (χ4v) is 1.88. The molecule has 2 amide bonds. The van der Waals surface area contributed by atoms with Crippen molar-refractivity contribution in [3.05, 3.63) is 29.8 Å². The number of nitrogens with one attached hydrogen (secondary N) is 3. The van der Waals surface area contributed by atoms with Gasteiger partial charge in [0.1, 0.15) is 0 Å². The van der Waals surface area contributed by atoms with E-state index >= 15 is 0 Å². The summed E-state index contributed by atoms with van der Waals surface area (Å²) < 4.78 is 0. The second-order valence-corrected chi connectivity index (χ2v) is 5.06. The van der Waals surface area contributed by atoms with E-state index in [0.29, 0.717) is 24.3 Å². The highest BCUT2D eigenvalue weighted by molar-refractivity contribution is 5.96. The van der Waals surface area contributed by atoms with Gasteiger partial charge in [0.05, 0.1) is 6.54 Å². The Balaban J connectivity index is 1.76. The number of hydrogen-bond acceptors (Lipinski definition) is 3. The van der Waals surface area contributed by atoms with Crippen LogP contribution in [0.15, 0.2) is 24.3 Å². The molecule has 108 valence electrons. The van der Waals surface area contributed by atoms with Crippen LogP contribution in [0.4, 0.5) is 5.69 Å². The van der Waals surface area contributed by atoms with Gasteiger partial charge in [0.15, 0.2) is 0 Å². The van der Waals surface area contributed by atoms with E-state index in [4.69, 9.17) is 0 Å². The van der Waals surface area contributed by atoms with Crippen LogP contribution >= 0.6 is 0 Å². The van der Waals surface area contributed by atoms with Crippen molar-refractivity contribution in [2.45, 2.75) is 19.8 Å². The molecule has 0 aliphatic heterocycles. The molecule has 5 heteroatoms. The van der Waals surface area contributed by atoms with Crippen molar-refractivity contribution < 1.29 is 9.59 Å². The van der Waals surface area contributed by atoms with Crippen LogP contribution in [-0.2, 0) is 4.79 Å². The second kappa shape index (κ2) is 7.05. The largest absolute Gasteiger partial charge is 0.352 e. The fourth-order valence-electron chi connectivity index (χ4n) is 1.88. The Kier molecular flexibility index (Phi) is 5.12. The second-order valence-electron chi connectivity index (χ2n) is 5.06. The van der Waals surface area contributed by atoms with Crippen LogP contribution < -0.4 is 16.0 Å². The maximum atomic E-state index is 11.7. The van der Waals surface area contributed by atoms with E-state index in [-0.39, 0.29) is 11.8 Å². The Morgan fingerprint density at radius 2 is 1.90 bits per heavy atom. The Bertz CT molecular complexity index is 467. The lowest BCUT2D eigenvalue weighted by atomic mass is 10.2. The highest BCUT2D eigenvalue weighted by Gasteiger charge is 2.20. The van der Waals surface area contributed by atoms with Gasteiger partial charge in [-0.05, 0) is 56.5 Å². The van der Waals surface area contributed by atoms with Gasteiger partial charge in [0.2, 0.25) is 5.91 Å². The van der Waals surface area contributed by atoms with E-state index < -0.39 is 0 Å². The van der Waals surface area contributed by atoms with E-state index in [2.05, 4.69) is 16.0 Å². The van der Waals surface area contributed by atoms with Gasteiger partial charge in [-0.25, -0.2) is 0 Å². The standard InChI is InChI=1S/C15H21N3O2/c1-2-17-15(20)12-5-7-13(8-6-12)18-14(19)10-16-9-11-3-4-11/h5-8,11,16H,2-4,9-10H2,1H3,(H,17,20)(H,18,19). The molecular formula is C15H21N3O2. The normalized spacial score (nSPS) is 13.8. The minimum atomic E-state index is -0.100. The number of carbonyl (C=O) groups is 2. The molecule has 1 saturated carbocycles. The highest BCUT2D eigenvalue weighted by Crippen LogP contribution is 2.27. The molecule has 3 N–H and O–H groups in total. The minimum absolute atomic E-state index is 0.0589. The molecule has 0 radical (unpaired) electrons. The summed E-state index contributed by atoms with van der Waals surface area (Å²) in [4.78, 5) is 23.3. The van der Waals surface area contributed by atoms with E-state index in [1.807, 2.05) is 6.92 Å². The average molecular weight is 275 g/mol. The number of anilines is 1. The molecule has 1 fully saturated rings. The quantitative estimate of drug-likeness (QED) is 0.704. The Labute approximate surface area is 119 Å². The Hall–Kier alpha value is -1.88. The van der Waals surface area contributed by atoms with Gasteiger partial charge >= 0.3 is 0 Å². The molecule has 1 aliphatic carbocycles. The van der Waals surface area contributed by atoms with Crippen molar-refractivity contribution in [3.63, 3.8) is 0 Å². The van der Waals surface area contributed by atoms with Crippen molar-refractivity contribution in [1.82, 2.24) is 10.6 Å². The molecule has 0 heterocycles. The van der Waals surface area contributed by atoms with Crippen molar-refractivity contribution in [2.75, 3.05) is 25.0 Å². The van der Waals surface area contributed by atoms with Gasteiger partial charge in [-0.1, -0.05) is 0 Å². The lowest BCUT2D eigenvalue weighted by Crippen LogP contribution is -2.29. The summed E-state index contributed by atoms with van der Waals surface area (Å²) in [5.41, 5.74) is 1.30. The van der Waals surface area contributed by atoms with Gasteiger partial charge in [-0.3, -0.25) is 9.59 Å². The van der Waals surface area contributed by atoms with E-state index in [0.717, 1.165) is 12.5 Å². The smallest absolute Gasteiger partial charge is 0.251 e. The highest BCUT2D eigenvalue weighted by atomic mass is 16.2. The van der Waals surface area contributed by atoms with Gasteiger partial charge < -0.3 is 16.0 Å². The molecule has 0 bridgehead atoms. The first-order chi connectivity index (χ1) is 9.69. The van der Waals surface area contributed by atoms with Gasteiger partial charge in [-0.2, -0.15) is 0 Å². The monoisotopic (exact) mass is 275 g/mol. The van der Waals surface area contributed by atoms with Crippen LogP contribution in [0.2, 0.25) is 0 Å². The molecule has 0 aromatic heterocycles. The zero-order valence-electron chi connectivity index (χ0n) is 11.7. The number of amides is 2. The molecule has 0 unspecified atom stereocenters. The van der Waals surface area contributed by atoms with Crippen molar-refractivity contribution in [1.29, 1.82) is 0 Å². The number of benzene rings is 1. The van der Waals surface area contributed by atoms with Crippen LogP contribution in [-0.4, -0.2) is 31.4 Å². The maximum absolute atomic E-state index is 11.7. The van der Waals surface area contributed by atoms with Crippen LogP contribution in [0.1, 0.15) is 30.1 Å². The summed E-state index contributed by atoms with van der Waals surface area (Å²) in [6.45, 7) is 3.73. The summed E-state index contributed by atoms with van der Waals surface area (Å²) in [6, 6.07) is 6.89. The zero-order valence-corrected chi connectivity index (χ0v) is 11.7. The lowest BCUT2D eigenvalue weighted by Gasteiger charge is -2.07. The molecule has 1 aromatic rings. The van der Waals surface area contributed by atoms with Crippen LogP contribution in [0.5, 0.6) is 0 Å². The Morgan fingerprint density at radius 3 is 2.50 bits per heavy atom. The first kappa shape index (κ1) is 14.5. The predicted octanol–water partition coefficient (Wildman–Crippen LogP) is 1.37. The first-order valence-electron chi connectivity index (χ1n) is 7.08. The number of hydrogen-bond donors (Lipinski definition) is 3. The molecule has 1 aromatic carbocycles. The van der Waals surface area contributed by atoms with Gasteiger partial charge in [0, 0.05) is 17.8 Å². The molecule has 0 saturated heterocycles. The van der Waals surface area contributed by atoms with E-state index in [1.54, 1.807) is 24.3 Å². The third-order valence-corrected chi connectivity index (χ3v) is 3.18. The third kappa shape index (κ3) is 4.66. The molecule has 0 atom stereocenters. The van der Waals surface area contributed by atoms with Crippen LogP contribution in [0.3, 0.4) is 0 Å². The molecule has 5 nitrogen and oxygen atoms in total. The molecule has 0 spiro atoms. The average Bonchev–Trinajstić information content (AvgIpc) is 3.24. The molecule has 20 heavy (non-hydrogen) atoms. The van der Waals surface area contributed by atoms with Gasteiger partial charge in [0.25, 0.3) is 5.91 Å². The van der Waals surface area contributed by atoms with Crippen LogP contribution in [0.25, 0.3) is 0 Å². The third-order valence-electron chi connectivity index (χ3n) is 3.18. The summed E-state index contributed by atoms with van der Waals surface area (Å²) >= 11 is 0. The van der Waals surface area contributed by atoms with Crippen molar-refractivity contribution in [2.24, 2.45) is 5.92 Å². The summed E-state index contributed by atoms with van der Waals surface area (Å²) in [5, 5.41) is 8.67. The predicted molar refractivity (Wildman–Crippen MR) is 78.7 cm³/mol. The molecule has 1 aliphatic rings. The lowest BCUT2D eigenvalue weighted by molar-refractivity contribution is -0.115.